The number of hydrogen-bond donors (Lipinski definition) is 5. The maximum Gasteiger partial charge on any atom is 0.490 e. The van der Waals surface area contributed by atoms with Crippen molar-refractivity contribution in [3.63, 3.8) is 0 Å². The van der Waals surface area contributed by atoms with Gasteiger partial charge in [0, 0.05) is 0 Å². The van der Waals surface area contributed by atoms with Crippen molar-refractivity contribution in [3.05, 3.63) is 0 Å². The average molecular weight is 303 g/mol. The van der Waals surface area contributed by atoms with Gasteiger partial charge in [-0.3, -0.25) is 9.59 Å². The molecule has 0 rings (SSSR count). The van der Waals surface area contributed by atoms with Crippen molar-refractivity contribution in [1.82, 2.24) is 5.32 Å². The molecule has 0 aliphatic heterocycles. The van der Waals surface area contributed by atoms with E-state index in [1.54, 1.807) is 0 Å². The summed E-state index contributed by atoms with van der Waals surface area (Å²) in [6, 6.07) is -1.30. The van der Waals surface area contributed by atoms with Gasteiger partial charge in [0.15, 0.2) is 0 Å². The molecule has 0 spiro atoms. The standard InChI is InChI=1S/C6H11N3O4.C2HF3O2/c7-2-5(11)9-3(6(12)13)1-4(8)10;3-2(4,5)1(6)7/h3H,1-2,7H2,(H2,8,10)(H,9,11)(H,12,13);(H,6,7). The van der Waals surface area contributed by atoms with Crippen molar-refractivity contribution in [2.24, 2.45) is 11.5 Å². The number of halogens is 3. The fourth-order valence-corrected chi connectivity index (χ4v) is 0.655. The number of primary amides is 1. The molecule has 0 saturated carbocycles. The summed E-state index contributed by atoms with van der Waals surface area (Å²) in [5, 5.41) is 17.7. The summed E-state index contributed by atoms with van der Waals surface area (Å²) >= 11 is 0. The van der Waals surface area contributed by atoms with Gasteiger partial charge in [-0.2, -0.15) is 13.2 Å². The maximum atomic E-state index is 10.7. The van der Waals surface area contributed by atoms with Gasteiger partial charge in [0.2, 0.25) is 11.8 Å². The van der Waals surface area contributed by atoms with Gasteiger partial charge >= 0.3 is 18.1 Å². The van der Waals surface area contributed by atoms with Crippen LogP contribution in [0.15, 0.2) is 0 Å². The Hall–Kier alpha value is -2.37. The third-order valence-electron chi connectivity index (χ3n) is 1.47. The van der Waals surface area contributed by atoms with E-state index in [0.717, 1.165) is 0 Å². The van der Waals surface area contributed by atoms with Gasteiger partial charge in [0.05, 0.1) is 13.0 Å². The number of carbonyl (C=O) groups excluding carboxylic acids is 2. The number of carboxylic acids is 2. The Morgan fingerprint density at radius 3 is 1.75 bits per heavy atom. The molecule has 0 saturated heterocycles. The number of alkyl halides is 3. The molecule has 0 heterocycles. The summed E-state index contributed by atoms with van der Waals surface area (Å²) in [6.45, 7) is -0.331. The van der Waals surface area contributed by atoms with E-state index >= 15 is 0 Å². The highest BCUT2D eigenvalue weighted by Crippen LogP contribution is 2.13. The monoisotopic (exact) mass is 303 g/mol. The van der Waals surface area contributed by atoms with Gasteiger partial charge < -0.3 is 27.0 Å². The minimum atomic E-state index is -5.08. The van der Waals surface area contributed by atoms with Crippen LogP contribution >= 0.6 is 0 Å². The lowest BCUT2D eigenvalue weighted by molar-refractivity contribution is -0.192. The van der Waals surface area contributed by atoms with Crippen molar-refractivity contribution in [3.8, 4) is 0 Å². The molecule has 20 heavy (non-hydrogen) atoms. The number of carboxylic acid groups (broad SMARTS) is 2. The normalized spacial score (nSPS) is 11.6. The second kappa shape index (κ2) is 8.68. The zero-order valence-electron chi connectivity index (χ0n) is 9.81. The quantitative estimate of drug-likeness (QED) is 0.391. The number of amides is 2. The Bertz CT molecular complexity index is 384. The number of nitrogens with one attached hydrogen (secondary N) is 1. The lowest BCUT2D eigenvalue weighted by atomic mass is 10.2. The van der Waals surface area contributed by atoms with Crippen molar-refractivity contribution in [2.75, 3.05) is 6.54 Å². The van der Waals surface area contributed by atoms with Crippen molar-refractivity contribution < 1.29 is 42.6 Å². The smallest absolute Gasteiger partial charge is 0.480 e. The molecule has 1 atom stereocenters. The predicted molar refractivity (Wildman–Crippen MR) is 56.1 cm³/mol. The zero-order valence-corrected chi connectivity index (χ0v) is 9.81. The third-order valence-corrected chi connectivity index (χ3v) is 1.47. The SMILES string of the molecule is NCC(=O)NC(CC(N)=O)C(=O)O.O=C(O)C(F)(F)F. The van der Waals surface area contributed by atoms with Crippen molar-refractivity contribution in [1.29, 1.82) is 0 Å². The Morgan fingerprint density at radius 2 is 1.55 bits per heavy atom. The number of hydrogen-bond acceptors (Lipinski definition) is 5. The van der Waals surface area contributed by atoms with Crippen LogP contribution in [0.25, 0.3) is 0 Å². The predicted octanol–water partition coefficient (Wildman–Crippen LogP) is -1.98. The van der Waals surface area contributed by atoms with E-state index in [1.165, 1.54) is 0 Å². The highest BCUT2D eigenvalue weighted by Gasteiger charge is 2.38. The summed E-state index contributed by atoms with van der Waals surface area (Å²) in [7, 11) is 0. The fourth-order valence-electron chi connectivity index (χ4n) is 0.655. The summed E-state index contributed by atoms with van der Waals surface area (Å²) in [5.41, 5.74) is 9.69. The van der Waals surface area contributed by atoms with E-state index in [0.29, 0.717) is 0 Å². The van der Waals surface area contributed by atoms with Gasteiger partial charge in [-0.05, 0) is 0 Å². The van der Waals surface area contributed by atoms with Crippen molar-refractivity contribution >= 4 is 23.8 Å². The van der Waals surface area contributed by atoms with Crippen LogP contribution < -0.4 is 16.8 Å². The molecular formula is C8H12F3N3O6. The molecule has 0 aromatic carbocycles. The van der Waals surface area contributed by atoms with Crippen LogP contribution in [-0.4, -0.2) is 52.7 Å². The van der Waals surface area contributed by atoms with Crippen molar-refractivity contribution in [2.45, 2.75) is 18.6 Å². The van der Waals surface area contributed by atoms with Crippen LogP contribution in [0.4, 0.5) is 13.2 Å². The molecule has 0 aromatic heterocycles. The number of carbonyl (C=O) groups is 4. The summed E-state index contributed by atoms with van der Waals surface area (Å²) in [5.74, 6) is -5.52. The van der Waals surface area contributed by atoms with Gasteiger partial charge in [0.25, 0.3) is 0 Å². The molecule has 0 aromatic rings. The first-order valence-electron chi connectivity index (χ1n) is 4.72. The van der Waals surface area contributed by atoms with E-state index in [4.69, 9.17) is 26.5 Å². The molecule has 0 aliphatic rings. The molecule has 116 valence electrons. The lowest BCUT2D eigenvalue weighted by Crippen LogP contribution is -2.45. The second-order valence-electron chi connectivity index (χ2n) is 3.14. The minimum Gasteiger partial charge on any atom is -0.480 e. The highest BCUT2D eigenvalue weighted by atomic mass is 19.4. The molecule has 12 heteroatoms. The fraction of sp³-hybridized carbons (Fsp3) is 0.500. The Kier molecular flexibility index (Phi) is 8.67. The second-order valence-corrected chi connectivity index (χ2v) is 3.14. The molecule has 0 fully saturated rings. The Balaban J connectivity index is 0. The van der Waals surface area contributed by atoms with E-state index in [-0.39, 0.29) is 6.54 Å². The van der Waals surface area contributed by atoms with Gasteiger partial charge in [-0.25, -0.2) is 9.59 Å². The molecule has 0 radical (unpaired) electrons. The lowest BCUT2D eigenvalue weighted by Gasteiger charge is -2.11. The van der Waals surface area contributed by atoms with E-state index in [1.807, 2.05) is 5.32 Å². The van der Waals surface area contributed by atoms with E-state index < -0.39 is 42.4 Å². The van der Waals surface area contributed by atoms with Crippen LogP contribution in [0.5, 0.6) is 0 Å². The van der Waals surface area contributed by atoms with Gasteiger partial charge in [-0.15, -0.1) is 0 Å². The van der Waals surface area contributed by atoms with Crippen LogP contribution in [0.1, 0.15) is 6.42 Å². The molecular weight excluding hydrogens is 291 g/mol. The Morgan fingerprint density at radius 1 is 1.15 bits per heavy atom. The molecule has 0 aliphatic carbocycles. The first-order chi connectivity index (χ1) is 8.91. The first kappa shape index (κ1) is 20.0. The topological polar surface area (TPSA) is 173 Å². The van der Waals surface area contributed by atoms with Crippen LogP contribution in [0.3, 0.4) is 0 Å². The highest BCUT2D eigenvalue weighted by molar-refractivity contribution is 5.88. The third kappa shape index (κ3) is 10.8. The molecule has 2 amide bonds. The van der Waals surface area contributed by atoms with Crippen LogP contribution in [0, 0.1) is 0 Å². The molecule has 0 bridgehead atoms. The first-order valence-corrected chi connectivity index (χ1v) is 4.72. The van der Waals surface area contributed by atoms with Gasteiger partial charge in [-0.1, -0.05) is 0 Å². The van der Waals surface area contributed by atoms with E-state index in [9.17, 15) is 27.6 Å². The minimum absolute atomic E-state index is 0.331. The number of rotatable bonds is 5. The largest absolute Gasteiger partial charge is 0.490 e. The Labute approximate surface area is 109 Å². The molecule has 1 unspecified atom stereocenters. The molecule has 9 nitrogen and oxygen atoms in total. The summed E-state index contributed by atoms with van der Waals surface area (Å²) < 4.78 is 31.7. The molecule has 7 N–H and O–H groups in total. The maximum absolute atomic E-state index is 10.7. The number of nitrogens with two attached hydrogens (primary N) is 2. The van der Waals surface area contributed by atoms with Crippen LogP contribution in [-0.2, 0) is 19.2 Å². The average Bonchev–Trinajstić information content (AvgIpc) is 2.26. The van der Waals surface area contributed by atoms with Gasteiger partial charge in [0.1, 0.15) is 6.04 Å². The van der Waals surface area contributed by atoms with E-state index in [2.05, 4.69) is 0 Å². The zero-order chi connectivity index (χ0) is 16.5. The summed E-state index contributed by atoms with van der Waals surface area (Å²) in [6.07, 6.45) is -5.53. The van der Waals surface area contributed by atoms with Crippen LogP contribution in [0.2, 0.25) is 0 Å². The summed E-state index contributed by atoms with van der Waals surface area (Å²) in [4.78, 5) is 40.3. The number of aliphatic carboxylic acids is 2.